The molecule has 1 aliphatic rings. The van der Waals surface area contributed by atoms with E-state index in [4.69, 9.17) is 11.6 Å². The molecule has 21 heavy (non-hydrogen) atoms. The number of halogens is 2. The molecule has 0 radical (unpaired) electrons. The van der Waals surface area contributed by atoms with E-state index in [9.17, 15) is 12.8 Å². The van der Waals surface area contributed by atoms with Crippen LogP contribution in [-0.2, 0) is 16.6 Å². The van der Waals surface area contributed by atoms with Gasteiger partial charge >= 0.3 is 0 Å². The van der Waals surface area contributed by atoms with Crippen molar-refractivity contribution in [2.75, 3.05) is 6.54 Å². The fourth-order valence-corrected chi connectivity index (χ4v) is 4.28. The predicted molar refractivity (Wildman–Crippen MR) is 81.4 cm³/mol. The highest BCUT2D eigenvalue weighted by atomic mass is 35.5. The Morgan fingerprint density at radius 3 is 2.62 bits per heavy atom. The zero-order valence-corrected chi connectivity index (χ0v) is 13.5. The molecule has 0 amide bonds. The minimum Gasteiger partial charge on any atom is -0.313 e. The van der Waals surface area contributed by atoms with Gasteiger partial charge in [-0.15, -0.1) is 0 Å². The first-order valence-corrected chi connectivity index (χ1v) is 9.01. The molecule has 0 spiro atoms. The van der Waals surface area contributed by atoms with Crippen LogP contribution in [0, 0.1) is 5.82 Å². The molecule has 4 nitrogen and oxygen atoms in total. The van der Waals surface area contributed by atoms with Crippen molar-refractivity contribution in [3.05, 3.63) is 28.5 Å². The van der Waals surface area contributed by atoms with E-state index >= 15 is 0 Å². The Hall–Kier alpha value is -0.690. The SMILES string of the molecule is CCNCc1cc(Cl)cc(S(=O)(=O)NC2CCCC2)c1F. The van der Waals surface area contributed by atoms with Crippen molar-refractivity contribution in [1.82, 2.24) is 10.0 Å². The highest BCUT2D eigenvalue weighted by Gasteiger charge is 2.27. The normalized spacial score (nSPS) is 16.5. The fraction of sp³-hybridized carbons (Fsp3) is 0.571. The average molecular weight is 335 g/mol. The van der Waals surface area contributed by atoms with Crippen molar-refractivity contribution < 1.29 is 12.8 Å². The summed E-state index contributed by atoms with van der Waals surface area (Å²) in [4.78, 5) is -0.366. The Bertz CT molecular complexity index is 601. The molecule has 0 bridgehead atoms. The second-order valence-electron chi connectivity index (χ2n) is 5.26. The zero-order chi connectivity index (χ0) is 15.5. The maximum Gasteiger partial charge on any atom is 0.243 e. The highest BCUT2D eigenvalue weighted by Crippen LogP contribution is 2.26. The van der Waals surface area contributed by atoms with E-state index in [1.807, 2.05) is 6.92 Å². The van der Waals surface area contributed by atoms with Crippen LogP contribution in [0.2, 0.25) is 5.02 Å². The minimum absolute atomic E-state index is 0.106. The van der Waals surface area contributed by atoms with Gasteiger partial charge in [-0.3, -0.25) is 0 Å². The summed E-state index contributed by atoms with van der Waals surface area (Å²) < 4.78 is 41.7. The third kappa shape index (κ3) is 4.16. The minimum atomic E-state index is -3.88. The van der Waals surface area contributed by atoms with E-state index in [0.29, 0.717) is 6.54 Å². The summed E-state index contributed by atoms with van der Waals surface area (Å²) >= 11 is 5.94. The van der Waals surface area contributed by atoms with Crippen LogP contribution in [0.5, 0.6) is 0 Å². The van der Waals surface area contributed by atoms with Gasteiger partial charge in [0.1, 0.15) is 10.7 Å². The second kappa shape index (κ2) is 7.05. The van der Waals surface area contributed by atoms with Crippen molar-refractivity contribution in [3.63, 3.8) is 0 Å². The molecule has 2 N–H and O–H groups in total. The molecule has 1 aliphatic carbocycles. The molecule has 0 unspecified atom stereocenters. The first-order chi connectivity index (χ1) is 9.94. The summed E-state index contributed by atoms with van der Waals surface area (Å²) in [6.07, 6.45) is 3.59. The Labute approximate surface area is 130 Å². The first-order valence-electron chi connectivity index (χ1n) is 7.15. The van der Waals surface area contributed by atoms with E-state index in [0.717, 1.165) is 25.7 Å². The van der Waals surface area contributed by atoms with Gasteiger partial charge in [0, 0.05) is 23.2 Å². The van der Waals surface area contributed by atoms with Crippen LogP contribution in [0.15, 0.2) is 17.0 Å². The molecule has 2 rings (SSSR count). The lowest BCUT2D eigenvalue weighted by Crippen LogP contribution is -2.33. The first kappa shape index (κ1) is 16.7. The maximum absolute atomic E-state index is 14.4. The van der Waals surface area contributed by atoms with Crippen molar-refractivity contribution in [1.29, 1.82) is 0 Å². The Kier molecular flexibility index (Phi) is 5.60. The van der Waals surface area contributed by atoms with Crippen LogP contribution in [0.4, 0.5) is 4.39 Å². The third-order valence-corrected chi connectivity index (χ3v) is 5.35. The van der Waals surface area contributed by atoms with Crippen LogP contribution in [0.3, 0.4) is 0 Å². The standard InChI is InChI=1S/C14H20ClFN2O2S/c1-2-17-9-10-7-11(15)8-13(14(10)16)21(19,20)18-12-5-3-4-6-12/h7-8,12,17-18H,2-6,9H2,1H3. The van der Waals surface area contributed by atoms with Gasteiger partial charge in [0.05, 0.1) is 0 Å². The molecular formula is C14H20ClFN2O2S. The van der Waals surface area contributed by atoms with Crippen molar-refractivity contribution in [2.24, 2.45) is 0 Å². The van der Waals surface area contributed by atoms with E-state index in [2.05, 4.69) is 10.0 Å². The summed E-state index contributed by atoms with van der Waals surface area (Å²) in [5.41, 5.74) is 0.260. The fourth-order valence-electron chi connectivity index (χ4n) is 2.53. The summed E-state index contributed by atoms with van der Waals surface area (Å²) in [6.45, 7) is 2.80. The lowest BCUT2D eigenvalue weighted by molar-refractivity contribution is 0.529. The smallest absolute Gasteiger partial charge is 0.243 e. The summed E-state index contributed by atoms with van der Waals surface area (Å²) in [7, 11) is -3.88. The van der Waals surface area contributed by atoms with Gasteiger partial charge in [-0.1, -0.05) is 31.4 Å². The van der Waals surface area contributed by atoms with Gasteiger partial charge in [-0.05, 0) is 31.5 Å². The summed E-state index contributed by atoms with van der Waals surface area (Å²) in [5.74, 6) is -0.731. The number of sulfonamides is 1. The van der Waals surface area contributed by atoms with E-state index in [-0.39, 0.29) is 28.1 Å². The molecule has 1 aromatic rings. The lowest BCUT2D eigenvalue weighted by atomic mass is 10.2. The van der Waals surface area contributed by atoms with Gasteiger partial charge in [0.25, 0.3) is 0 Å². The largest absolute Gasteiger partial charge is 0.313 e. The van der Waals surface area contributed by atoms with Crippen molar-refractivity contribution >= 4 is 21.6 Å². The molecule has 0 saturated heterocycles. The second-order valence-corrected chi connectivity index (χ2v) is 7.38. The monoisotopic (exact) mass is 334 g/mol. The molecule has 0 heterocycles. The third-order valence-electron chi connectivity index (χ3n) is 3.61. The van der Waals surface area contributed by atoms with E-state index < -0.39 is 15.8 Å². The van der Waals surface area contributed by atoms with Crippen LogP contribution in [0.25, 0.3) is 0 Å². The Morgan fingerprint density at radius 2 is 2.00 bits per heavy atom. The maximum atomic E-state index is 14.4. The van der Waals surface area contributed by atoms with E-state index in [1.165, 1.54) is 12.1 Å². The Morgan fingerprint density at radius 1 is 1.33 bits per heavy atom. The van der Waals surface area contributed by atoms with Crippen molar-refractivity contribution in [2.45, 2.75) is 50.1 Å². The van der Waals surface area contributed by atoms with Gasteiger partial charge < -0.3 is 5.32 Å². The number of hydrogen-bond acceptors (Lipinski definition) is 3. The van der Waals surface area contributed by atoms with Gasteiger partial charge in [-0.2, -0.15) is 0 Å². The Balaban J connectivity index is 2.30. The number of hydrogen-bond donors (Lipinski definition) is 2. The highest BCUT2D eigenvalue weighted by molar-refractivity contribution is 7.89. The molecule has 7 heteroatoms. The van der Waals surface area contributed by atoms with Crippen molar-refractivity contribution in [3.8, 4) is 0 Å². The summed E-state index contributed by atoms with van der Waals surface area (Å²) in [5, 5.41) is 3.19. The summed E-state index contributed by atoms with van der Waals surface area (Å²) in [6, 6.07) is 2.52. The van der Waals surface area contributed by atoms with Crippen LogP contribution in [-0.4, -0.2) is 21.0 Å². The molecule has 0 aromatic heterocycles. The number of benzene rings is 1. The molecule has 0 atom stereocenters. The quantitative estimate of drug-likeness (QED) is 0.841. The van der Waals surface area contributed by atoms with Crippen LogP contribution in [0.1, 0.15) is 38.2 Å². The molecule has 0 aliphatic heterocycles. The van der Waals surface area contributed by atoms with E-state index in [1.54, 1.807) is 0 Å². The molecule has 1 aromatic carbocycles. The van der Waals surface area contributed by atoms with Gasteiger partial charge in [-0.25, -0.2) is 17.5 Å². The van der Waals surface area contributed by atoms with Gasteiger partial charge in [0.15, 0.2) is 0 Å². The number of rotatable bonds is 6. The number of nitrogens with one attached hydrogen (secondary N) is 2. The zero-order valence-electron chi connectivity index (χ0n) is 12.0. The molecular weight excluding hydrogens is 315 g/mol. The van der Waals surface area contributed by atoms with Gasteiger partial charge in [0.2, 0.25) is 10.0 Å². The van der Waals surface area contributed by atoms with Crippen LogP contribution >= 0.6 is 11.6 Å². The molecule has 1 saturated carbocycles. The topological polar surface area (TPSA) is 58.2 Å². The predicted octanol–water partition coefficient (Wildman–Crippen LogP) is 2.81. The molecule has 118 valence electrons. The van der Waals surface area contributed by atoms with Crippen LogP contribution < -0.4 is 10.0 Å². The average Bonchev–Trinajstić information content (AvgIpc) is 2.91. The molecule has 1 fully saturated rings. The lowest BCUT2D eigenvalue weighted by Gasteiger charge is -2.15.